The standard InChI is InChI=1S/C23H29N3O3/c1-4-29-21-8-6-5-7-19(21)25-23(28)24-18-10-11-20-17(15-18)9-12-22(27)26(20)14-13-16(2)3/h5-8,10-11,15-16H,4,9,12-14H2,1-3H3,(H2,24,25,28). The van der Waals surface area contributed by atoms with Crippen LogP contribution in [0.3, 0.4) is 0 Å². The van der Waals surface area contributed by atoms with Gasteiger partial charge in [-0.2, -0.15) is 0 Å². The van der Waals surface area contributed by atoms with Gasteiger partial charge in [0.05, 0.1) is 12.3 Å². The van der Waals surface area contributed by atoms with Crippen LogP contribution < -0.4 is 20.3 Å². The van der Waals surface area contributed by atoms with Crippen LogP contribution in [0, 0.1) is 5.92 Å². The van der Waals surface area contributed by atoms with Gasteiger partial charge < -0.3 is 20.3 Å². The lowest BCUT2D eigenvalue weighted by atomic mass is 9.99. The van der Waals surface area contributed by atoms with Crippen molar-refractivity contribution in [2.45, 2.75) is 40.0 Å². The van der Waals surface area contributed by atoms with Crippen molar-refractivity contribution in [1.29, 1.82) is 0 Å². The molecule has 0 aliphatic carbocycles. The zero-order valence-corrected chi connectivity index (χ0v) is 17.3. The fraction of sp³-hybridized carbons (Fsp3) is 0.391. The lowest BCUT2D eigenvalue weighted by molar-refractivity contribution is -0.118. The second-order valence-electron chi connectivity index (χ2n) is 7.58. The molecule has 2 aromatic carbocycles. The number of nitrogens with one attached hydrogen (secondary N) is 2. The smallest absolute Gasteiger partial charge is 0.323 e. The SMILES string of the molecule is CCOc1ccccc1NC(=O)Nc1ccc2c(c1)CCC(=O)N2CCC(C)C. The molecular weight excluding hydrogens is 366 g/mol. The second-order valence-corrected chi connectivity index (χ2v) is 7.58. The van der Waals surface area contributed by atoms with Crippen LogP contribution in [-0.2, 0) is 11.2 Å². The van der Waals surface area contributed by atoms with Crippen LogP contribution in [0.15, 0.2) is 42.5 Å². The number of hydrogen-bond acceptors (Lipinski definition) is 3. The van der Waals surface area contributed by atoms with E-state index < -0.39 is 0 Å². The minimum absolute atomic E-state index is 0.170. The van der Waals surface area contributed by atoms with Gasteiger partial charge in [-0.05, 0) is 61.6 Å². The predicted octanol–water partition coefficient (Wildman–Crippen LogP) is 5.05. The Morgan fingerprint density at radius 3 is 2.69 bits per heavy atom. The molecule has 0 saturated heterocycles. The normalized spacial score (nSPS) is 13.2. The molecule has 29 heavy (non-hydrogen) atoms. The van der Waals surface area contributed by atoms with Crippen molar-refractivity contribution in [2.75, 3.05) is 28.7 Å². The third kappa shape index (κ3) is 5.28. The minimum atomic E-state index is -0.333. The Bertz CT molecular complexity index is 879. The number of carbonyl (C=O) groups is 2. The van der Waals surface area contributed by atoms with Gasteiger partial charge in [0.2, 0.25) is 5.91 Å². The molecule has 154 valence electrons. The molecule has 1 aliphatic heterocycles. The number of amides is 3. The van der Waals surface area contributed by atoms with Crippen LogP contribution in [0.1, 0.15) is 39.2 Å². The van der Waals surface area contributed by atoms with Crippen LogP contribution in [-0.4, -0.2) is 25.1 Å². The van der Waals surface area contributed by atoms with Crippen molar-refractivity contribution >= 4 is 29.0 Å². The maximum absolute atomic E-state index is 12.5. The number of benzene rings is 2. The first-order valence-corrected chi connectivity index (χ1v) is 10.2. The number of aryl methyl sites for hydroxylation is 1. The first kappa shape index (κ1) is 20.7. The second kappa shape index (κ2) is 9.45. The maximum atomic E-state index is 12.5. The Balaban J connectivity index is 1.70. The average Bonchev–Trinajstić information content (AvgIpc) is 2.69. The molecule has 3 amide bonds. The molecule has 0 saturated carbocycles. The van der Waals surface area contributed by atoms with Gasteiger partial charge in [-0.1, -0.05) is 26.0 Å². The summed E-state index contributed by atoms with van der Waals surface area (Å²) in [6, 6.07) is 12.7. The highest BCUT2D eigenvalue weighted by atomic mass is 16.5. The number of nitrogens with zero attached hydrogens (tertiary/aromatic N) is 1. The molecule has 1 aliphatic rings. The molecule has 0 bridgehead atoms. The largest absolute Gasteiger partial charge is 0.492 e. The van der Waals surface area contributed by atoms with Gasteiger partial charge in [0, 0.05) is 24.3 Å². The van der Waals surface area contributed by atoms with Crippen molar-refractivity contribution in [3.63, 3.8) is 0 Å². The zero-order valence-electron chi connectivity index (χ0n) is 17.3. The van der Waals surface area contributed by atoms with Crippen LogP contribution in [0.2, 0.25) is 0 Å². The van der Waals surface area contributed by atoms with Gasteiger partial charge in [0.15, 0.2) is 0 Å². The number of rotatable bonds is 7. The van der Waals surface area contributed by atoms with Crippen molar-refractivity contribution in [1.82, 2.24) is 0 Å². The monoisotopic (exact) mass is 395 g/mol. The van der Waals surface area contributed by atoms with E-state index in [2.05, 4.69) is 24.5 Å². The molecule has 0 radical (unpaired) electrons. The van der Waals surface area contributed by atoms with Gasteiger partial charge in [-0.15, -0.1) is 0 Å². The average molecular weight is 396 g/mol. The van der Waals surface area contributed by atoms with E-state index in [1.807, 2.05) is 48.2 Å². The summed E-state index contributed by atoms with van der Waals surface area (Å²) in [6.45, 7) is 7.47. The number of fused-ring (bicyclic) bond motifs is 1. The molecule has 6 nitrogen and oxygen atoms in total. The Hall–Kier alpha value is -3.02. The quantitative estimate of drug-likeness (QED) is 0.689. The maximum Gasteiger partial charge on any atom is 0.323 e. The number of urea groups is 1. The molecule has 0 aromatic heterocycles. The number of carbonyl (C=O) groups excluding carboxylic acids is 2. The van der Waals surface area contributed by atoms with Gasteiger partial charge in [-0.3, -0.25) is 4.79 Å². The first-order chi connectivity index (χ1) is 14.0. The Morgan fingerprint density at radius 2 is 1.93 bits per heavy atom. The third-order valence-corrected chi connectivity index (χ3v) is 4.90. The molecule has 1 heterocycles. The van der Waals surface area contributed by atoms with E-state index in [0.717, 1.165) is 24.2 Å². The van der Waals surface area contributed by atoms with Gasteiger partial charge in [0.1, 0.15) is 5.75 Å². The molecule has 0 spiro atoms. The van der Waals surface area contributed by atoms with E-state index in [4.69, 9.17) is 4.74 Å². The number of hydrogen-bond donors (Lipinski definition) is 2. The lowest BCUT2D eigenvalue weighted by Crippen LogP contribution is -2.36. The van der Waals surface area contributed by atoms with Gasteiger partial charge in [0.25, 0.3) is 0 Å². The molecule has 2 N–H and O–H groups in total. The number of para-hydroxylation sites is 2. The zero-order chi connectivity index (χ0) is 20.8. The van der Waals surface area contributed by atoms with Gasteiger partial charge >= 0.3 is 6.03 Å². The molecule has 0 atom stereocenters. The summed E-state index contributed by atoms with van der Waals surface area (Å²) in [5.74, 6) is 1.34. The molecule has 6 heteroatoms. The van der Waals surface area contributed by atoms with Crippen molar-refractivity contribution in [3.8, 4) is 5.75 Å². The third-order valence-electron chi connectivity index (χ3n) is 4.90. The van der Waals surface area contributed by atoms with Crippen molar-refractivity contribution in [3.05, 3.63) is 48.0 Å². The van der Waals surface area contributed by atoms with Crippen molar-refractivity contribution in [2.24, 2.45) is 5.92 Å². The van der Waals surface area contributed by atoms with E-state index >= 15 is 0 Å². The van der Waals surface area contributed by atoms with Crippen LogP contribution in [0.25, 0.3) is 0 Å². The van der Waals surface area contributed by atoms with E-state index in [1.54, 1.807) is 6.07 Å². The van der Waals surface area contributed by atoms with Crippen LogP contribution in [0.5, 0.6) is 5.75 Å². The highest BCUT2D eigenvalue weighted by Gasteiger charge is 2.24. The van der Waals surface area contributed by atoms with E-state index in [-0.39, 0.29) is 11.9 Å². The molecule has 2 aromatic rings. The number of ether oxygens (including phenoxy) is 1. The van der Waals surface area contributed by atoms with Crippen molar-refractivity contribution < 1.29 is 14.3 Å². The van der Waals surface area contributed by atoms with Gasteiger partial charge in [-0.25, -0.2) is 4.79 Å². The summed E-state index contributed by atoms with van der Waals surface area (Å²) in [5.41, 5.74) is 3.36. The highest BCUT2D eigenvalue weighted by Crippen LogP contribution is 2.31. The Labute approximate surface area is 172 Å². The lowest BCUT2D eigenvalue weighted by Gasteiger charge is -2.30. The summed E-state index contributed by atoms with van der Waals surface area (Å²) in [7, 11) is 0. The highest BCUT2D eigenvalue weighted by molar-refractivity contribution is 6.01. The fourth-order valence-corrected chi connectivity index (χ4v) is 3.41. The summed E-state index contributed by atoms with van der Waals surface area (Å²) in [5, 5.41) is 5.71. The first-order valence-electron chi connectivity index (χ1n) is 10.2. The summed E-state index contributed by atoms with van der Waals surface area (Å²) >= 11 is 0. The van der Waals surface area contributed by atoms with E-state index in [9.17, 15) is 9.59 Å². The van der Waals surface area contributed by atoms with E-state index in [0.29, 0.717) is 42.5 Å². The van der Waals surface area contributed by atoms with Crippen LogP contribution in [0.4, 0.5) is 21.9 Å². The van der Waals surface area contributed by atoms with Crippen LogP contribution >= 0.6 is 0 Å². The number of anilines is 3. The molecular formula is C23H29N3O3. The summed E-state index contributed by atoms with van der Waals surface area (Å²) in [4.78, 5) is 26.7. The molecule has 0 fully saturated rings. The minimum Gasteiger partial charge on any atom is -0.492 e. The fourth-order valence-electron chi connectivity index (χ4n) is 3.41. The Morgan fingerprint density at radius 1 is 1.14 bits per heavy atom. The summed E-state index contributed by atoms with van der Waals surface area (Å²) in [6.07, 6.45) is 2.16. The van der Waals surface area contributed by atoms with E-state index in [1.165, 1.54) is 0 Å². The topological polar surface area (TPSA) is 70.7 Å². The molecule has 3 rings (SSSR count). The molecule has 0 unspecified atom stereocenters. The Kier molecular flexibility index (Phi) is 6.75. The summed E-state index contributed by atoms with van der Waals surface area (Å²) < 4.78 is 5.54. The predicted molar refractivity (Wildman–Crippen MR) is 117 cm³/mol.